The van der Waals surface area contributed by atoms with E-state index in [0.29, 0.717) is 5.02 Å². The number of fused-ring (bicyclic) bond motifs is 1. The number of aromatic nitrogens is 2. The van der Waals surface area contributed by atoms with Crippen molar-refractivity contribution in [2.75, 3.05) is 5.32 Å². The van der Waals surface area contributed by atoms with Crippen LogP contribution in [-0.4, -0.2) is 9.97 Å². The normalized spacial score (nSPS) is 12.5. The highest BCUT2D eigenvalue weighted by molar-refractivity contribution is 9.10. The fourth-order valence-electron chi connectivity index (χ4n) is 2.24. The Morgan fingerprint density at radius 2 is 1.90 bits per heavy atom. The maximum Gasteiger partial charge on any atom is 0.323 e. The molecule has 1 unspecified atom stereocenters. The summed E-state index contributed by atoms with van der Waals surface area (Å²) in [6.07, 6.45) is 0. The first-order valence-corrected chi connectivity index (χ1v) is 7.63. The number of H-pyrrole nitrogens is 2. The number of aromatic amines is 2. The van der Waals surface area contributed by atoms with E-state index in [1.54, 1.807) is 0 Å². The highest BCUT2D eigenvalue weighted by atomic mass is 79.9. The molecule has 108 valence electrons. The standard InChI is InChI=1S/C15H13BrClN3O/c1-8(18-10-3-4-11(16)12(17)7-10)9-2-5-13-14(6-9)20-15(21)19-13/h2-8,18H,1H3,(H2,19,20,21). The zero-order chi connectivity index (χ0) is 15.0. The zero-order valence-corrected chi connectivity index (χ0v) is 13.5. The van der Waals surface area contributed by atoms with E-state index in [1.807, 2.05) is 36.4 Å². The van der Waals surface area contributed by atoms with Gasteiger partial charge in [0.2, 0.25) is 0 Å². The first kappa shape index (κ1) is 14.2. The van der Waals surface area contributed by atoms with E-state index in [9.17, 15) is 4.79 Å². The highest BCUT2D eigenvalue weighted by Gasteiger charge is 2.08. The molecule has 0 bridgehead atoms. The number of imidazole rings is 1. The third-order valence-corrected chi connectivity index (χ3v) is 4.58. The first-order chi connectivity index (χ1) is 10.0. The molecule has 0 amide bonds. The van der Waals surface area contributed by atoms with Crippen molar-refractivity contribution in [2.24, 2.45) is 0 Å². The summed E-state index contributed by atoms with van der Waals surface area (Å²) < 4.78 is 0.869. The molecule has 1 heterocycles. The van der Waals surface area contributed by atoms with Crippen LogP contribution in [0.2, 0.25) is 5.02 Å². The number of rotatable bonds is 3. The molecule has 0 aliphatic carbocycles. The van der Waals surface area contributed by atoms with Crippen LogP contribution in [0.3, 0.4) is 0 Å². The van der Waals surface area contributed by atoms with Gasteiger partial charge in [-0.15, -0.1) is 0 Å². The summed E-state index contributed by atoms with van der Waals surface area (Å²) in [6, 6.07) is 11.7. The molecule has 0 aliphatic heterocycles. The average Bonchev–Trinajstić information content (AvgIpc) is 2.82. The fraction of sp³-hybridized carbons (Fsp3) is 0.133. The second-order valence-corrected chi connectivity index (χ2v) is 6.14. The molecule has 1 atom stereocenters. The minimum absolute atomic E-state index is 0.0880. The molecule has 21 heavy (non-hydrogen) atoms. The summed E-state index contributed by atoms with van der Waals surface area (Å²) in [5.41, 5.74) is 3.44. The summed E-state index contributed by atoms with van der Waals surface area (Å²) in [4.78, 5) is 16.8. The molecule has 0 fully saturated rings. The maximum absolute atomic E-state index is 11.3. The van der Waals surface area contributed by atoms with E-state index in [4.69, 9.17) is 11.6 Å². The van der Waals surface area contributed by atoms with Crippen molar-refractivity contribution in [3.05, 3.63) is 61.9 Å². The van der Waals surface area contributed by atoms with E-state index < -0.39 is 0 Å². The predicted molar refractivity (Wildman–Crippen MR) is 90.1 cm³/mol. The molecule has 4 nitrogen and oxygen atoms in total. The lowest BCUT2D eigenvalue weighted by molar-refractivity contribution is 0.886. The molecule has 0 spiro atoms. The van der Waals surface area contributed by atoms with Gasteiger partial charge in [0.15, 0.2) is 0 Å². The summed E-state index contributed by atoms with van der Waals surface area (Å²) in [6.45, 7) is 2.06. The van der Waals surface area contributed by atoms with Crippen LogP contribution in [0.4, 0.5) is 5.69 Å². The van der Waals surface area contributed by atoms with E-state index >= 15 is 0 Å². The first-order valence-electron chi connectivity index (χ1n) is 6.46. The minimum Gasteiger partial charge on any atom is -0.378 e. The number of benzene rings is 2. The van der Waals surface area contributed by atoms with Gasteiger partial charge in [-0.2, -0.15) is 0 Å². The molecule has 0 saturated carbocycles. The van der Waals surface area contributed by atoms with Crippen molar-refractivity contribution in [3.63, 3.8) is 0 Å². The van der Waals surface area contributed by atoms with E-state index in [0.717, 1.165) is 26.8 Å². The Bertz CT molecular complexity index is 855. The van der Waals surface area contributed by atoms with Gasteiger partial charge in [-0.3, -0.25) is 0 Å². The third-order valence-electron chi connectivity index (χ3n) is 3.34. The van der Waals surface area contributed by atoms with Crippen LogP contribution in [0.1, 0.15) is 18.5 Å². The number of anilines is 1. The van der Waals surface area contributed by atoms with Gasteiger partial charge in [-0.05, 0) is 58.7 Å². The Morgan fingerprint density at radius 1 is 1.14 bits per heavy atom. The second kappa shape index (κ2) is 5.58. The van der Waals surface area contributed by atoms with Crippen molar-refractivity contribution in [1.82, 2.24) is 9.97 Å². The summed E-state index contributed by atoms with van der Waals surface area (Å²) in [7, 11) is 0. The van der Waals surface area contributed by atoms with Crippen molar-refractivity contribution in [1.29, 1.82) is 0 Å². The second-order valence-electron chi connectivity index (χ2n) is 4.88. The molecule has 3 aromatic rings. The summed E-state index contributed by atoms with van der Waals surface area (Å²) >= 11 is 9.47. The Balaban J connectivity index is 1.87. The van der Waals surface area contributed by atoms with E-state index in [-0.39, 0.29) is 11.7 Å². The third kappa shape index (κ3) is 2.99. The van der Waals surface area contributed by atoms with Gasteiger partial charge in [0.1, 0.15) is 0 Å². The maximum atomic E-state index is 11.3. The quantitative estimate of drug-likeness (QED) is 0.641. The van der Waals surface area contributed by atoms with Gasteiger partial charge in [-0.25, -0.2) is 4.79 Å². The average molecular weight is 367 g/mol. The molecule has 3 N–H and O–H groups in total. The van der Waals surface area contributed by atoms with Crippen LogP contribution in [-0.2, 0) is 0 Å². The largest absolute Gasteiger partial charge is 0.378 e. The van der Waals surface area contributed by atoms with Crippen molar-refractivity contribution in [3.8, 4) is 0 Å². The smallest absolute Gasteiger partial charge is 0.323 e. The Labute approximate surface area is 134 Å². The summed E-state index contributed by atoms with van der Waals surface area (Å²) in [5.74, 6) is 0. The molecule has 2 aromatic carbocycles. The monoisotopic (exact) mass is 365 g/mol. The number of hydrogen-bond donors (Lipinski definition) is 3. The lowest BCUT2D eigenvalue weighted by atomic mass is 10.1. The molecule has 0 saturated heterocycles. The Kier molecular flexibility index (Phi) is 3.78. The van der Waals surface area contributed by atoms with Gasteiger partial charge in [-0.1, -0.05) is 17.7 Å². The van der Waals surface area contributed by atoms with Crippen molar-refractivity contribution < 1.29 is 0 Å². The molecule has 1 aromatic heterocycles. The van der Waals surface area contributed by atoms with Gasteiger partial charge < -0.3 is 15.3 Å². The van der Waals surface area contributed by atoms with Gasteiger partial charge in [0.05, 0.1) is 16.1 Å². The SMILES string of the molecule is CC(Nc1ccc(Br)c(Cl)c1)c1ccc2[nH]c(=O)[nH]c2c1. The predicted octanol–water partition coefficient (Wildman–Crippen LogP) is 4.45. The summed E-state index contributed by atoms with van der Waals surface area (Å²) in [5, 5.41) is 4.05. The lowest BCUT2D eigenvalue weighted by Gasteiger charge is -2.16. The Morgan fingerprint density at radius 3 is 2.67 bits per heavy atom. The van der Waals surface area contributed by atoms with Crippen molar-refractivity contribution in [2.45, 2.75) is 13.0 Å². The molecule has 0 radical (unpaired) electrons. The lowest BCUT2D eigenvalue weighted by Crippen LogP contribution is -2.06. The molecular weight excluding hydrogens is 354 g/mol. The van der Waals surface area contributed by atoms with Crippen LogP contribution in [0.15, 0.2) is 45.7 Å². The topological polar surface area (TPSA) is 60.7 Å². The van der Waals surface area contributed by atoms with Crippen LogP contribution in [0.25, 0.3) is 11.0 Å². The zero-order valence-electron chi connectivity index (χ0n) is 11.2. The van der Waals surface area contributed by atoms with E-state index in [1.165, 1.54) is 0 Å². The number of nitrogens with one attached hydrogen (secondary N) is 3. The van der Waals surface area contributed by atoms with Crippen LogP contribution in [0.5, 0.6) is 0 Å². The molecular formula is C15H13BrClN3O. The molecule has 6 heteroatoms. The molecule has 0 aliphatic rings. The number of hydrogen-bond acceptors (Lipinski definition) is 2. The number of halogens is 2. The van der Waals surface area contributed by atoms with Crippen LogP contribution >= 0.6 is 27.5 Å². The van der Waals surface area contributed by atoms with Gasteiger partial charge >= 0.3 is 5.69 Å². The highest BCUT2D eigenvalue weighted by Crippen LogP contribution is 2.28. The fourth-order valence-corrected chi connectivity index (χ4v) is 2.67. The Hall–Kier alpha value is -1.72. The van der Waals surface area contributed by atoms with Crippen LogP contribution in [0, 0.1) is 0 Å². The van der Waals surface area contributed by atoms with Crippen molar-refractivity contribution >= 4 is 44.3 Å². The van der Waals surface area contributed by atoms with Gasteiger partial charge in [0, 0.05) is 16.2 Å². The minimum atomic E-state index is -0.192. The van der Waals surface area contributed by atoms with Gasteiger partial charge in [0.25, 0.3) is 0 Å². The van der Waals surface area contributed by atoms with E-state index in [2.05, 4.69) is 38.1 Å². The van der Waals surface area contributed by atoms with Crippen LogP contribution < -0.4 is 11.0 Å². The molecule has 3 rings (SSSR count).